The van der Waals surface area contributed by atoms with Gasteiger partial charge < -0.3 is 4.90 Å². The molecular weight excluding hydrogens is 735 g/mol. The van der Waals surface area contributed by atoms with E-state index in [0.29, 0.717) is 0 Å². The van der Waals surface area contributed by atoms with Crippen LogP contribution in [0.3, 0.4) is 0 Å². The minimum atomic E-state index is -0.522. The van der Waals surface area contributed by atoms with Gasteiger partial charge in [-0.15, -0.1) is 0 Å². The van der Waals surface area contributed by atoms with Gasteiger partial charge in [-0.3, -0.25) is 0 Å². The topological polar surface area (TPSA) is 3.24 Å². The molecule has 0 unspecified atom stereocenters. The summed E-state index contributed by atoms with van der Waals surface area (Å²) in [5, 5.41) is 0. The molecule has 0 atom stereocenters. The molecule has 9 aromatic carbocycles. The maximum Gasteiger partial charge on any atom is 0.0714 e. The predicted molar refractivity (Wildman–Crippen MR) is 256 cm³/mol. The lowest BCUT2D eigenvalue weighted by Gasteiger charge is -2.35. The molecule has 0 radical (unpaired) electrons. The third-order valence-electron chi connectivity index (χ3n) is 13.6. The van der Waals surface area contributed by atoms with Crippen LogP contribution in [0.5, 0.6) is 0 Å². The summed E-state index contributed by atoms with van der Waals surface area (Å²) in [7, 11) is 0. The second kappa shape index (κ2) is 14.2. The Hall–Kier alpha value is -7.22. The van der Waals surface area contributed by atoms with Gasteiger partial charge in [-0.05, 0) is 128 Å². The van der Waals surface area contributed by atoms with Crippen molar-refractivity contribution in [3.05, 3.63) is 257 Å². The van der Waals surface area contributed by atoms with Crippen molar-refractivity contribution in [1.82, 2.24) is 0 Å². The molecule has 0 saturated heterocycles. The molecular formula is C60H47N. The SMILES string of the molecule is Cc1ccc(-c2ccc(N(c3ccc4c(c3)C(C)(C)c3ccccc3-4)c3ccc4c(c3)C(c3ccccc3)(c3ccccc3)c3ccccc3-4)c(-c3ccccc3C)c2)cc1. The van der Waals surface area contributed by atoms with Crippen molar-refractivity contribution >= 4 is 17.1 Å². The largest absolute Gasteiger partial charge is 0.310 e. The summed E-state index contributed by atoms with van der Waals surface area (Å²) in [5.74, 6) is 0. The van der Waals surface area contributed by atoms with Crippen LogP contribution < -0.4 is 4.90 Å². The van der Waals surface area contributed by atoms with E-state index in [0.717, 1.165) is 17.1 Å². The molecule has 61 heavy (non-hydrogen) atoms. The molecule has 9 aromatic rings. The van der Waals surface area contributed by atoms with Crippen LogP contribution >= 0.6 is 0 Å². The van der Waals surface area contributed by atoms with E-state index in [1.165, 1.54) is 89.0 Å². The second-order valence-corrected chi connectivity index (χ2v) is 17.4. The van der Waals surface area contributed by atoms with Crippen LogP contribution in [0.15, 0.2) is 212 Å². The van der Waals surface area contributed by atoms with Gasteiger partial charge in [0, 0.05) is 22.4 Å². The van der Waals surface area contributed by atoms with E-state index in [4.69, 9.17) is 0 Å². The van der Waals surface area contributed by atoms with Crippen molar-refractivity contribution in [2.24, 2.45) is 0 Å². The number of benzene rings is 9. The molecule has 0 saturated carbocycles. The lowest BCUT2D eigenvalue weighted by molar-refractivity contribution is 0.660. The maximum absolute atomic E-state index is 2.53. The van der Waals surface area contributed by atoms with Gasteiger partial charge in [0.1, 0.15) is 0 Å². The molecule has 0 aromatic heterocycles. The Kier molecular flexibility index (Phi) is 8.58. The van der Waals surface area contributed by atoms with Crippen LogP contribution in [-0.2, 0) is 10.8 Å². The zero-order valence-corrected chi connectivity index (χ0v) is 35.2. The zero-order chi connectivity index (χ0) is 41.3. The van der Waals surface area contributed by atoms with Crippen molar-refractivity contribution in [2.45, 2.75) is 38.5 Å². The van der Waals surface area contributed by atoms with E-state index in [1.807, 2.05) is 0 Å². The molecule has 2 aliphatic carbocycles. The summed E-state index contributed by atoms with van der Waals surface area (Å²) in [6.07, 6.45) is 0. The second-order valence-electron chi connectivity index (χ2n) is 17.4. The fourth-order valence-corrected chi connectivity index (χ4v) is 10.6. The van der Waals surface area contributed by atoms with E-state index >= 15 is 0 Å². The number of hydrogen-bond acceptors (Lipinski definition) is 1. The monoisotopic (exact) mass is 781 g/mol. The molecule has 0 bridgehead atoms. The summed E-state index contributed by atoms with van der Waals surface area (Å²) in [4.78, 5) is 2.53. The first-order valence-electron chi connectivity index (χ1n) is 21.5. The van der Waals surface area contributed by atoms with Gasteiger partial charge in [0.25, 0.3) is 0 Å². The molecule has 0 aliphatic heterocycles. The average molecular weight is 782 g/mol. The summed E-state index contributed by atoms with van der Waals surface area (Å²) in [6, 6.07) is 79.4. The quantitative estimate of drug-likeness (QED) is 0.156. The summed E-state index contributed by atoms with van der Waals surface area (Å²) < 4.78 is 0. The number of aryl methyl sites for hydroxylation is 2. The van der Waals surface area contributed by atoms with Gasteiger partial charge in [-0.1, -0.05) is 195 Å². The Labute approximate surface area is 360 Å². The number of fused-ring (bicyclic) bond motifs is 6. The zero-order valence-electron chi connectivity index (χ0n) is 35.2. The number of anilines is 3. The molecule has 0 amide bonds. The highest BCUT2D eigenvalue weighted by Gasteiger charge is 2.46. The highest BCUT2D eigenvalue weighted by molar-refractivity contribution is 5.95. The predicted octanol–water partition coefficient (Wildman–Crippen LogP) is 15.8. The highest BCUT2D eigenvalue weighted by atomic mass is 15.1. The van der Waals surface area contributed by atoms with Crippen LogP contribution in [0, 0.1) is 13.8 Å². The van der Waals surface area contributed by atoms with Crippen LogP contribution in [0.25, 0.3) is 44.5 Å². The first kappa shape index (κ1) is 36.8. The summed E-state index contributed by atoms with van der Waals surface area (Å²) >= 11 is 0. The van der Waals surface area contributed by atoms with Crippen molar-refractivity contribution in [3.63, 3.8) is 0 Å². The van der Waals surface area contributed by atoms with Crippen molar-refractivity contribution in [1.29, 1.82) is 0 Å². The van der Waals surface area contributed by atoms with Crippen molar-refractivity contribution in [2.75, 3.05) is 4.90 Å². The lowest BCUT2D eigenvalue weighted by Crippen LogP contribution is -2.28. The molecule has 1 heteroatoms. The maximum atomic E-state index is 2.53. The van der Waals surface area contributed by atoms with Crippen LogP contribution in [0.4, 0.5) is 17.1 Å². The Morgan fingerprint density at radius 1 is 0.344 bits per heavy atom. The Morgan fingerprint density at radius 3 is 1.48 bits per heavy atom. The Morgan fingerprint density at radius 2 is 0.836 bits per heavy atom. The third kappa shape index (κ3) is 5.68. The van der Waals surface area contributed by atoms with E-state index in [2.05, 4.69) is 245 Å². The molecule has 0 heterocycles. The molecule has 1 nitrogen and oxygen atoms in total. The third-order valence-corrected chi connectivity index (χ3v) is 13.6. The van der Waals surface area contributed by atoms with E-state index < -0.39 is 5.41 Å². The minimum absolute atomic E-state index is 0.156. The number of hydrogen-bond donors (Lipinski definition) is 0. The van der Waals surface area contributed by atoms with E-state index in [9.17, 15) is 0 Å². The first-order chi connectivity index (χ1) is 29.8. The van der Waals surface area contributed by atoms with Crippen LogP contribution in [0.2, 0.25) is 0 Å². The molecule has 2 aliphatic rings. The van der Waals surface area contributed by atoms with Crippen molar-refractivity contribution < 1.29 is 0 Å². The van der Waals surface area contributed by atoms with Gasteiger partial charge in [0.05, 0.1) is 11.1 Å². The fourth-order valence-electron chi connectivity index (χ4n) is 10.6. The summed E-state index contributed by atoms with van der Waals surface area (Å²) in [5.41, 5.74) is 23.1. The molecule has 0 N–H and O–H groups in total. The first-order valence-corrected chi connectivity index (χ1v) is 21.5. The van der Waals surface area contributed by atoms with Gasteiger partial charge in [0.2, 0.25) is 0 Å². The molecule has 0 fully saturated rings. The minimum Gasteiger partial charge on any atom is -0.310 e. The normalized spacial score (nSPS) is 13.8. The molecule has 0 spiro atoms. The summed E-state index contributed by atoms with van der Waals surface area (Å²) in [6.45, 7) is 9.14. The Bertz CT molecular complexity index is 3080. The fraction of sp³-hybridized carbons (Fsp3) is 0.100. The van der Waals surface area contributed by atoms with Crippen LogP contribution in [-0.4, -0.2) is 0 Å². The van der Waals surface area contributed by atoms with Gasteiger partial charge in [-0.2, -0.15) is 0 Å². The lowest BCUT2D eigenvalue weighted by atomic mass is 9.67. The number of rotatable bonds is 7. The average Bonchev–Trinajstić information content (AvgIpc) is 3.73. The standard InChI is InChI=1S/C60H47N/c1-40-27-29-42(30-28-40)43-31-36-58(53(37-43)48-22-12-11-17-41(48)2)61(46-32-34-51-49-23-13-15-25-54(49)59(3,4)56(51)38-46)47-33-35-52-50-24-14-16-26-55(50)60(57(52)39-47,44-18-7-5-8-19-44)45-20-9-6-10-21-45/h5-39H,1-4H3. The smallest absolute Gasteiger partial charge is 0.0714 e. The van der Waals surface area contributed by atoms with Gasteiger partial charge >= 0.3 is 0 Å². The molecule has 292 valence electrons. The van der Waals surface area contributed by atoms with Crippen LogP contribution in [0.1, 0.15) is 58.4 Å². The van der Waals surface area contributed by atoms with Gasteiger partial charge in [-0.25, -0.2) is 0 Å². The van der Waals surface area contributed by atoms with E-state index in [1.54, 1.807) is 0 Å². The highest BCUT2D eigenvalue weighted by Crippen LogP contribution is 2.58. The number of nitrogens with zero attached hydrogens (tertiary/aromatic N) is 1. The van der Waals surface area contributed by atoms with E-state index in [-0.39, 0.29) is 5.41 Å². The molecule has 11 rings (SSSR count). The Balaban J connectivity index is 1.21. The van der Waals surface area contributed by atoms with Crippen molar-refractivity contribution in [3.8, 4) is 44.5 Å². The van der Waals surface area contributed by atoms with Gasteiger partial charge in [0.15, 0.2) is 0 Å².